The predicted molar refractivity (Wildman–Crippen MR) is 173 cm³/mol. The van der Waals surface area contributed by atoms with Crippen molar-refractivity contribution in [1.82, 2.24) is 14.7 Å². The Bertz CT molecular complexity index is 762. The van der Waals surface area contributed by atoms with Gasteiger partial charge in [-0.25, -0.2) is 0 Å². The summed E-state index contributed by atoms with van der Waals surface area (Å²) in [7, 11) is 10.6. The molecule has 1 aliphatic rings. The van der Waals surface area contributed by atoms with E-state index in [4.69, 9.17) is 0 Å². The largest absolute Gasteiger partial charge is 0.347 e. The van der Waals surface area contributed by atoms with E-state index >= 15 is 0 Å². The molecule has 0 radical (unpaired) electrons. The Labute approximate surface area is 237 Å². The van der Waals surface area contributed by atoms with Gasteiger partial charge in [-0.15, -0.1) is 0 Å². The average Bonchev–Trinajstić information content (AvgIpc) is 3.13. The smallest absolute Gasteiger partial charge is 0.0994 e. The normalized spacial score (nSPS) is 18.5. The Morgan fingerprint density at radius 1 is 0.526 bits per heavy atom. The summed E-state index contributed by atoms with van der Waals surface area (Å²) in [6, 6.07) is 18.8. The van der Waals surface area contributed by atoms with Crippen molar-refractivity contribution in [2.24, 2.45) is 0 Å². The maximum absolute atomic E-state index is 2.53. The summed E-state index contributed by atoms with van der Waals surface area (Å²) in [5.41, 5.74) is 5.25. The number of aryl methyl sites for hydroxylation is 2. The molecular weight excluding hydrogens is 466 g/mol. The zero-order valence-electron chi connectivity index (χ0n) is 27.4. The van der Waals surface area contributed by atoms with Gasteiger partial charge in [-0.2, -0.15) is 0 Å². The van der Waals surface area contributed by atoms with E-state index in [2.05, 4.69) is 143 Å². The van der Waals surface area contributed by atoms with E-state index in [-0.39, 0.29) is 0 Å². The SMILES string of the molecule is CC.CC.CN(C)CCN(C)CCN(C)C.Cc1ccc(N2C(C)C(C)N(c3ccc(C)cc3)C2C)cc1. The van der Waals surface area contributed by atoms with Gasteiger partial charge in [-0.05, 0) is 94.1 Å². The molecule has 2 atom stereocenters. The molecule has 3 rings (SSSR count). The summed E-state index contributed by atoms with van der Waals surface area (Å²) >= 11 is 0. The molecule has 0 aromatic heterocycles. The second kappa shape index (κ2) is 19.1. The van der Waals surface area contributed by atoms with Crippen LogP contribution in [0.3, 0.4) is 0 Å². The Balaban J connectivity index is 0.000000732. The monoisotopic (exact) mass is 527 g/mol. The number of likely N-dealkylation sites (N-methyl/N-ethyl adjacent to an activating group) is 3. The fourth-order valence-corrected chi connectivity index (χ4v) is 4.47. The van der Waals surface area contributed by atoms with Crippen LogP contribution in [0.15, 0.2) is 48.5 Å². The van der Waals surface area contributed by atoms with Crippen molar-refractivity contribution < 1.29 is 0 Å². The van der Waals surface area contributed by atoms with Gasteiger partial charge in [0.15, 0.2) is 0 Å². The lowest BCUT2D eigenvalue weighted by molar-refractivity contribution is 0.254. The molecule has 2 aromatic carbocycles. The highest BCUT2D eigenvalue weighted by atomic mass is 15.4. The molecule has 218 valence electrons. The van der Waals surface area contributed by atoms with Crippen LogP contribution in [0, 0.1) is 13.8 Å². The summed E-state index contributed by atoms with van der Waals surface area (Å²) in [6.45, 7) is 23.8. The molecule has 5 nitrogen and oxygen atoms in total. The molecule has 0 spiro atoms. The molecule has 38 heavy (non-hydrogen) atoms. The molecule has 2 unspecified atom stereocenters. The third-order valence-electron chi connectivity index (χ3n) is 6.90. The maximum Gasteiger partial charge on any atom is 0.0994 e. The highest BCUT2D eigenvalue weighted by molar-refractivity contribution is 5.59. The fraction of sp³-hybridized carbons (Fsp3) is 0.636. The molecule has 1 heterocycles. The average molecular weight is 528 g/mol. The zero-order valence-corrected chi connectivity index (χ0v) is 27.4. The Morgan fingerprint density at radius 2 is 0.816 bits per heavy atom. The van der Waals surface area contributed by atoms with Crippen LogP contribution in [0.1, 0.15) is 59.6 Å². The predicted octanol–water partition coefficient (Wildman–Crippen LogP) is 6.85. The summed E-state index contributed by atoms with van der Waals surface area (Å²) in [5, 5.41) is 0. The third kappa shape index (κ3) is 11.8. The summed E-state index contributed by atoms with van der Waals surface area (Å²) in [5.74, 6) is 0. The first-order valence-corrected chi connectivity index (χ1v) is 14.7. The van der Waals surface area contributed by atoms with Crippen molar-refractivity contribution in [2.45, 2.75) is 80.6 Å². The van der Waals surface area contributed by atoms with Crippen molar-refractivity contribution in [3.63, 3.8) is 0 Å². The van der Waals surface area contributed by atoms with E-state index in [0.29, 0.717) is 18.2 Å². The molecule has 1 saturated heterocycles. The molecule has 5 heteroatoms. The minimum Gasteiger partial charge on any atom is -0.347 e. The van der Waals surface area contributed by atoms with Crippen molar-refractivity contribution >= 4 is 11.4 Å². The third-order valence-corrected chi connectivity index (χ3v) is 6.90. The molecular formula is C33H61N5. The van der Waals surface area contributed by atoms with Crippen LogP contribution >= 0.6 is 0 Å². The second-order valence-electron chi connectivity index (χ2n) is 10.5. The molecule has 1 aliphatic heterocycles. The van der Waals surface area contributed by atoms with Crippen molar-refractivity contribution in [1.29, 1.82) is 0 Å². The van der Waals surface area contributed by atoms with Gasteiger partial charge >= 0.3 is 0 Å². The summed E-state index contributed by atoms with van der Waals surface area (Å²) < 4.78 is 0. The van der Waals surface area contributed by atoms with E-state index < -0.39 is 0 Å². The maximum atomic E-state index is 2.53. The molecule has 1 fully saturated rings. The van der Waals surface area contributed by atoms with E-state index in [1.54, 1.807) is 0 Å². The number of hydrogen-bond acceptors (Lipinski definition) is 5. The van der Waals surface area contributed by atoms with Crippen molar-refractivity contribution in [3.8, 4) is 0 Å². The van der Waals surface area contributed by atoms with Crippen molar-refractivity contribution in [2.75, 3.05) is 71.2 Å². The number of benzene rings is 2. The van der Waals surface area contributed by atoms with Crippen LogP contribution in [0.2, 0.25) is 0 Å². The molecule has 0 N–H and O–H groups in total. The van der Waals surface area contributed by atoms with Crippen LogP contribution in [0.5, 0.6) is 0 Å². The highest BCUT2D eigenvalue weighted by Gasteiger charge is 2.40. The zero-order chi connectivity index (χ0) is 29.4. The lowest BCUT2D eigenvalue weighted by Crippen LogP contribution is -2.38. The second-order valence-corrected chi connectivity index (χ2v) is 10.5. The summed E-state index contributed by atoms with van der Waals surface area (Å²) in [4.78, 5) is 11.9. The van der Waals surface area contributed by atoms with E-state index in [1.807, 2.05) is 27.7 Å². The minimum absolute atomic E-state index is 0.357. The van der Waals surface area contributed by atoms with Gasteiger partial charge in [-0.3, -0.25) is 0 Å². The van der Waals surface area contributed by atoms with E-state index in [0.717, 1.165) is 26.2 Å². The first-order valence-electron chi connectivity index (χ1n) is 14.7. The Hall–Kier alpha value is -2.08. The minimum atomic E-state index is 0.357. The number of anilines is 2. The number of rotatable bonds is 8. The molecule has 0 bridgehead atoms. The molecule has 2 aromatic rings. The van der Waals surface area contributed by atoms with Gasteiger partial charge in [0, 0.05) is 49.6 Å². The number of nitrogens with zero attached hydrogens (tertiary/aromatic N) is 5. The van der Waals surface area contributed by atoms with Gasteiger partial charge in [-0.1, -0.05) is 63.1 Å². The summed E-state index contributed by atoms with van der Waals surface area (Å²) in [6.07, 6.45) is 0.357. The first kappa shape index (κ1) is 35.9. The topological polar surface area (TPSA) is 16.2 Å². The molecule has 0 saturated carbocycles. The van der Waals surface area contributed by atoms with E-state index in [1.165, 1.54) is 22.5 Å². The number of hydrogen-bond donors (Lipinski definition) is 0. The van der Waals surface area contributed by atoms with Crippen LogP contribution in [-0.4, -0.2) is 94.4 Å². The van der Waals surface area contributed by atoms with Crippen LogP contribution < -0.4 is 9.80 Å². The van der Waals surface area contributed by atoms with Gasteiger partial charge in [0.2, 0.25) is 0 Å². The van der Waals surface area contributed by atoms with Crippen LogP contribution in [-0.2, 0) is 0 Å². The molecule has 0 amide bonds. The molecule has 0 aliphatic carbocycles. The standard InChI is InChI=1S/C20H26N2.C9H23N3.2C2H6/c1-14-6-10-19(11-7-14)21-16(3)17(4)22(18(21)5)20-12-8-15(2)9-13-20;1-10(2)6-8-12(5)9-7-11(3)4;2*1-2/h6-13,16-18H,1-5H3;6-9H2,1-5H3;2*1-2H3. The van der Waals surface area contributed by atoms with Gasteiger partial charge in [0.05, 0.1) is 6.17 Å². The quantitative estimate of drug-likeness (QED) is 0.372. The Kier molecular flexibility index (Phi) is 18.0. The lowest BCUT2D eigenvalue weighted by atomic mass is 10.1. The van der Waals surface area contributed by atoms with Crippen molar-refractivity contribution in [3.05, 3.63) is 59.7 Å². The van der Waals surface area contributed by atoms with E-state index in [9.17, 15) is 0 Å². The Morgan fingerprint density at radius 3 is 1.08 bits per heavy atom. The van der Waals surface area contributed by atoms with Gasteiger partial charge in [0.25, 0.3) is 0 Å². The first-order chi connectivity index (χ1) is 18.0. The fourth-order valence-electron chi connectivity index (χ4n) is 4.47. The van der Waals surface area contributed by atoms with Crippen LogP contribution in [0.4, 0.5) is 11.4 Å². The lowest BCUT2D eigenvalue weighted by Gasteiger charge is -2.31. The van der Waals surface area contributed by atoms with Gasteiger partial charge in [0.1, 0.15) is 0 Å². The van der Waals surface area contributed by atoms with Crippen LogP contribution in [0.25, 0.3) is 0 Å². The van der Waals surface area contributed by atoms with Gasteiger partial charge < -0.3 is 24.5 Å². The highest BCUT2D eigenvalue weighted by Crippen LogP contribution is 2.35.